The Labute approximate surface area is 184 Å². The monoisotopic (exact) mass is 424 g/mol. The van der Waals surface area contributed by atoms with E-state index in [0.29, 0.717) is 11.3 Å². The molecule has 6 heteroatoms. The molecule has 2 aromatic carbocycles. The van der Waals surface area contributed by atoms with Gasteiger partial charge in [0.05, 0.1) is 6.42 Å². The first-order valence-corrected chi connectivity index (χ1v) is 10.4. The van der Waals surface area contributed by atoms with Crippen molar-refractivity contribution >= 4 is 23.5 Å². The van der Waals surface area contributed by atoms with Gasteiger partial charge < -0.3 is 15.4 Å². The van der Waals surface area contributed by atoms with Gasteiger partial charge in [-0.15, -0.1) is 0 Å². The lowest BCUT2D eigenvalue weighted by molar-refractivity contribution is -0.153. The quantitative estimate of drug-likeness (QED) is 0.650. The SMILES string of the molecule is Cc1ccc(NC(=O)[C@H](C)OC(=O)CCNC(=O)c2ccc(C(C)(C)C)cc2)c(C)c1. The van der Waals surface area contributed by atoms with Gasteiger partial charge in [0.1, 0.15) is 0 Å². The van der Waals surface area contributed by atoms with Crippen molar-refractivity contribution in [1.82, 2.24) is 5.32 Å². The fourth-order valence-corrected chi connectivity index (χ4v) is 3.00. The van der Waals surface area contributed by atoms with E-state index < -0.39 is 18.0 Å². The lowest BCUT2D eigenvalue weighted by Gasteiger charge is -2.19. The molecule has 0 unspecified atom stereocenters. The van der Waals surface area contributed by atoms with Crippen molar-refractivity contribution in [3.05, 3.63) is 64.7 Å². The maximum atomic E-state index is 12.3. The van der Waals surface area contributed by atoms with Crippen LogP contribution in [0.25, 0.3) is 0 Å². The standard InChI is InChI=1S/C25H32N2O4/c1-16-7-12-21(17(2)15-16)27-23(29)18(3)31-22(28)13-14-26-24(30)19-8-10-20(11-9-19)25(4,5)6/h7-12,15,18H,13-14H2,1-6H3,(H,26,30)(H,27,29)/t18-/m0/s1. The maximum Gasteiger partial charge on any atom is 0.308 e. The third-order valence-electron chi connectivity index (χ3n) is 4.95. The Morgan fingerprint density at radius 1 is 1.00 bits per heavy atom. The van der Waals surface area contributed by atoms with Gasteiger partial charge in [0.15, 0.2) is 6.10 Å². The predicted octanol–water partition coefficient (Wildman–Crippen LogP) is 4.29. The first-order chi connectivity index (χ1) is 14.5. The number of aryl methyl sites for hydroxylation is 2. The van der Waals surface area contributed by atoms with Crippen LogP contribution in [0.1, 0.15) is 61.2 Å². The summed E-state index contributed by atoms with van der Waals surface area (Å²) in [6.45, 7) is 11.8. The number of amides is 2. The number of carbonyl (C=O) groups is 3. The van der Waals surface area contributed by atoms with Gasteiger partial charge in [0.25, 0.3) is 11.8 Å². The van der Waals surface area contributed by atoms with E-state index in [9.17, 15) is 14.4 Å². The molecule has 0 aliphatic heterocycles. The Hall–Kier alpha value is -3.15. The van der Waals surface area contributed by atoms with Crippen LogP contribution in [0.3, 0.4) is 0 Å². The Morgan fingerprint density at radius 2 is 1.65 bits per heavy atom. The summed E-state index contributed by atoms with van der Waals surface area (Å²) in [5.41, 5.74) is 4.40. The van der Waals surface area contributed by atoms with E-state index in [1.807, 2.05) is 44.2 Å². The number of rotatable bonds is 7. The first-order valence-electron chi connectivity index (χ1n) is 10.4. The summed E-state index contributed by atoms with van der Waals surface area (Å²) in [7, 11) is 0. The highest BCUT2D eigenvalue weighted by atomic mass is 16.5. The summed E-state index contributed by atoms with van der Waals surface area (Å²) >= 11 is 0. The van der Waals surface area contributed by atoms with Gasteiger partial charge in [-0.3, -0.25) is 14.4 Å². The van der Waals surface area contributed by atoms with Crippen LogP contribution >= 0.6 is 0 Å². The molecule has 0 spiro atoms. The minimum Gasteiger partial charge on any atom is -0.452 e. The number of hydrogen-bond donors (Lipinski definition) is 2. The van der Waals surface area contributed by atoms with Gasteiger partial charge in [-0.25, -0.2) is 0 Å². The summed E-state index contributed by atoms with van der Waals surface area (Å²) in [4.78, 5) is 36.6. The predicted molar refractivity (Wildman–Crippen MR) is 122 cm³/mol. The summed E-state index contributed by atoms with van der Waals surface area (Å²) in [5.74, 6) is -1.20. The highest BCUT2D eigenvalue weighted by molar-refractivity contribution is 5.96. The van der Waals surface area contributed by atoms with Gasteiger partial charge in [-0.1, -0.05) is 50.6 Å². The molecule has 0 aromatic heterocycles. The van der Waals surface area contributed by atoms with Crippen LogP contribution in [0.4, 0.5) is 5.69 Å². The van der Waals surface area contributed by atoms with Crippen molar-refractivity contribution in [3.63, 3.8) is 0 Å². The summed E-state index contributed by atoms with van der Waals surface area (Å²) < 4.78 is 5.19. The number of hydrogen-bond acceptors (Lipinski definition) is 4. The number of esters is 1. The van der Waals surface area contributed by atoms with Crippen molar-refractivity contribution in [2.45, 2.75) is 59.5 Å². The van der Waals surface area contributed by atoms with Gasteiger partial charge in [0.2, 0.25) is 0 Å². The van der Waals surface area contributed by atoms with Gasteiger partial charge >= 0.3 is 5.97 Å². The molecule has 0 aliphatic carbocycles. The zero-order valence-electron chi connectivity index (χ0n) is 19.2. The highest BCUT2D eigenvalue weighted by Crippen LogP contribution is 2.22. The van der Waals surface area contributed by atoms with Crippen molar-refractivity contribution < 1.29 is 19.1 Å². The van der Waals surface area contributed by atoms with E-state index >= 15 is 0 Å². The molecule has 2 amide bonds. The molecule has 31 heavy (non-hydrogen) atoms. The summed E-state index contributed by atoms with van der Waals surface area (Å²) in [5, 5.41) is 5.47. The second-order valence-electron chi connectivity index (χ2n) is 8.77. The fraction of sp³-hybridized carbons (Fsp3) is 0.400. The number of nitrogens with one attached hydrogen (secondary N) is 2. The average Bonchev–Trinajstić information content (AvgIpc) is 2.69. The lowest BCUT2D eigenvalue weighted by Crippen LogP contribution is -2.32. The molecule has 0 aliphatic rings. The molecule has 2 N–H and O–H groups in total. The van der Waals surface area contributed by atoms with Crippen LogP contribution < -0.4 is 10.6 Å². The Bertz CT molecular complexity index is 943. The van der Waals surface area contributed by atoms with E-state index in [-0.39, 0.29) is 24.3 Å². The molecular formula is C25H32N2O4. The van der Waals surface area contributed by atoms with Crippen molar-refractivity contribution in [1.29, 1.82) is 0 Å². The number of carbonyl (C=O) groups excluding carboxylic acids is 3. The van der Waals surface area contributed by atoms with Gasteiger partial charge in [-0.2, -0.15) is 0 Å². The van der Waals surface area contributed by atoms with Gasteiger partial charge in [-0.05, 0) is 55.5 Å². The van der Waals surface area contributed by atoms with Crippen LogP contribution in [-0.4, -0.2) is 30.4 Å². The molecule has 6 nitrogen and oxygen atoms in total. The molecule has 0 fully saturated rings. The summed E-state index contributed by atoms with van der Waals surface area (Å²) in [6.07, 6.45) is -0.957. The first kappa shape index (κ1) is 24.1. The number of benzene rings is 2. The Morgan fingerprint density at radius 3 is 2.23 bits per heavy atom. The summed E-state index contributed by atoms with van der Waals surface area (Å²) in [6, 6.07) is 13.1. The smallest absolute Gasteiger partial charge is 0.308 e. The molecule has 0 bridgehead atoms. The average molecular weight is 425 g/mol. The third kappa shape index (κ3) is 7.24. The van der Waals surface area contributed by atoms with E-state index in [1.165, 1.54) is 6.92 Å². The Balaban J connectivity index is 1.78. The lowest BCUT2D eigenvalue weighted by atomic mass is 9.87. The minimum absolute atomic E-state index is 0.0138. The van der Waals surface area contributed by atoms with Crippen molar-refractivity contribution in [2.24, 2.45) is 0 Å². The van der Waals surface area contributed by atoms with E-state index in [2.05, 4.69) is 31.4 Å². The topological polar surface area (TPSA) is 84.5 Å². The van der Waals surface area contributed by atoms with Crippen LogP contribution in [0, 0.1) is 13.8 Å². The minimum atomic E-state index is -0.936. The largest absolute Gasteiger partial charge is 0.452 e. The zero-order chi connectivity index (χ0) is 23.2. The third-order valence-corrected chi connectivity index (χ3v) is 4.95. The van der Waals surface area contributed by atoms with Crippen LogP contribution in [0.15, 0.2) is 42.5 Å². The molecule has 2 rings (SSSR count). The zero-order valence-corrected chi connectivity index (χ0v) is 19.2. The van der Waals surface area contributed by atoms with Gasteiger partial charge in [0, 0.05) is 17.8 Å². The highest BCUT2D eigenvalue weighted by Gasteiger charge is 2.19. The molecule has 0 heterocycles. The second kappa shape index (κ2) is 10.2. The molecule has 166 valence electrons. The normalized spacial score (nSPS) is 12.1. The molecular weight excluding hydrogens is 392 g/mol. The molecule has 0 radical (unpaired) electrons. The van der Waals surface area contributed by atoms with Crippen LogP contribution in [-0.2, 0) is 19.7 Å². The van der Waals surface area contributed by atoms with E-state index in [4.69, 9.17) is 4.74 Å². The number of ether oxygens (including phenoxy) is 1. The van der Waals surface area contributed by atoms with E-state index in [0.717, 1.165) is 16.7 Å². The number of anilines is 1. The second-order valence-corrected chi connectivity index (χ2v) is 8.77. The fourth-order valence-electron chi connectivity index (χ4n) is 3.00. The molecule has 0 saturated heterocycles. The van der Waals surface area contributed by atoms with Crippen LogP contribution in [0.5, 0.6) is 0 Å². The van der Waals surface area contributed by atoms with Crippen LogP contribution in [0.2, 0.25) is 0 Å². The molecule has 2 aromatic rings. The van der Waals surface area contributed by atoms with E-state index in [1.54, 1.807) is 12.1 Å². The Kier molecular flexibility index (Phi) is 7.97. The molecule has 0 saturated carbocycles. The molecule has 1 atom stereocenters. The maximum absolute atomic E-state index is 12.3. The van der Waals surface area contributed by atoms with Crippen molar-refractivity contribution in [3.8, 4) is 0 Å². The van der Waals surface area contributed by atoms with Crippen molar-refractivity contribution in [2.75, 3.05) is 11.9 Å².